The number of thiocarbonyl (C=S) groups is 1. The molecule has 132 valence electrons. The first-order valence-electron chi connectivity index (χ1n) is 7.86. The third-order valence-electron chi connectivity index (χ3n) is 3.61. The molecule has 7 heteroatoms. The Morgan fingerprint density at radius 3 is 2.12 bits per heavy atom. The molecule has 0 aliphatic rings. The molecule has 0 saturated carbocycles. The van der Waals surface area contributed by atoms with E-state index < -0.39 is 0 Å². The largest absolute Gasteiger partial charge is 0.372 e. The highest BCUT2D eigenvalue weighted by molar-refractivity contribution is 7.80. The van der Waals surface area contributed by atoms with Crippen LogP contribution in [0.15, 0.2) is 42.5 Å². The molecule has 0 heterocycles. The Morgan fingerprint density at radius 2 is 1.60 bits per heavy atom. The van der Waals surface area contributed by atoms with Gasteiger partial charge in [0.1, 0.15) is 0 Å². The molecule has 0 radical (unpaired) electrons. The number of hydrogen-bond acceptors (Lipinski definition) is 3. The van der Waals surface area contributed by atoms with Gasteiger partial charge in [-0.1, -0.05) is 23.2 Å². The summed E-state index contributed by atoms with van der Waals surface area (Å²) in [7, 11) is 0. The van der Waals surface area contributed by atoms with Crippen molar-refractivity contribution in [1.82, 2.24) is 5.32 Å². The minimum absolute atomic E-state index is 0.205. The molecule has 0 aliphatic heterocycles. The van der Waals surface area contributed by atoms with E-state index in [0.717, 1.165) is 24.5 Å². The van der Waals surface area contributed by atoms with Crippen LogP contribution in [0.3, 0.4) is 0 Å². The van der Waals surface area contributed by atoms with E-state index in [4.69, 9.17) is 35.4 Å². The van der Waals surface area contributed by atoms with Gasteiger partial charge >= 0.3 is 0 Å². The SMILES string of the molecule is CCN(CC)c1ccc(NC(=S)NC(=O)c2cc(Cl)cc(Cl)c2)cc1. The molecule has 0 bridgehead atoms. The first-order valence-corrected chi connectivity index (χ1v) is 9.02. The lowest BCUT2D eigenvalue weighted by atomic mass is 10.2. The molecule has 2 aromatic carbocycles. The van der Waals surface area contributed by atoms with Crippen molar-refractivity contribution in [2.24, 2.45) is 0 Å². The van der Waals surface area contributed by atoms with E-state index in [9.17, 15) is 4.79 Å². The number of carbonyl (C=O) groups is 1. The minimum atomic E-state index is -0.373. The number of nitrogens with zero attached hydrogens (tertiary/aromatic N) is 1. The first kappa shape index (κ1) is 19.5. The summed E-state index contributed by atoms with van der Waals surface area (Å²) in [4.78, 5) is 14.5. The number of anilines is 2. The second-order valence-corrected chi connectivity index (χ2v) is 6.57. The van der Waals surface area contributed by atoms with E-state index >= 15 is 0 Å². The molecule has 0 aromatic heterocycles. The highest BCUT2D eigenvalue weighted by Crippen LogP contribution is 2.19. The fraction of sp³-hybridized carbons (Fsp3) is 0.222. The van der Waals surface area contributed by atoms with Crippen molar-refractivity contribution >= 4 is 57.8 Å². The fourth-order valence-electron chi connectivity index (χ4n) is 2.37. The number of carbonyl (C=O) groups excluding carboxylic acids is 1. The van der Waals surface area contributed by atoms with E-state index in [1.54, 1.807) is 6.07 Å². The molecule has 2 N–H and O–H groups in total. The van der Waals surface area contributed by atoms with Crippen molar-refractivity contribution in [3.63, 3.8) is 0 Å². The quantitative estimate of drug-likeness (QED) is 0.701. The Kier molecular flexibility index (Phi) is 7.05. The predicted octanol–water partition coefficient (Wildman–Crippen LogP) is 4.97. The molecule has 0 spiro atoms. The lowest BCUT2D eigenvalue weighted by Crippen LogP contribution is -2.34. The zero-order valence-corrected chi connectivity index (χ0v) is 16.3. The number of nitrogens with one attached hydrogen (secondary N) is 2. The predicted molar refractivity (Wildman–Crippen MR) is 110 cm³/mol. The second-order valence-electron chi connectivity index (χ2n) is 5.29. The number of halogens is 2. The lowest BCUT2D eigenvalue weighted by Gasteiger charge is -2.21. The van der Waals surface area contributed by atoms with Crippen molar-refractivity contribution in [3.05, 3.63) is 58.1 Å². The zero-order chi connectivity index (χ0) is 18.4. The van der Waals surface area contributed by atoms with Crippen LogP contribution in [0.1, 0.15) is 24.2 Å². The monoisotopic (exact) mass is 395 g/mol. The first-order chi connectivity index (χ1) is 11.9. The number of hydrogen-bond donors (Lipinski definition) is 2. The number of rotatable bonds is 5. The van der Waals surface area contributed by atoms with Gasteiger partial charge in [0.15, 0.2) is 5.11 Å². The molecule has 0 aliphatic carbocycles. The summed E-state index contributed by atoms with van der Waals surface area (Å²) in [6.07, 6.45) is 0. The van der Waals surface area contributed by atoms with Crippen LogP contribution in [-0.4, -0.2) is 24.1 Å². The summed E-state index contributed by atoms with van der Waals surface area (Å²) >= 11 is 17.0. The zero-order valence-electron chi connectivity index (χ0n) is 14.0. The summed E-state index contributed by atoms with van der Waals surface area (Å²) in [5.74, 6) is -0.373. The molecular weight excluding hydrogens is 377 g/mol. The van der Waals surface area contributed by atoms with Crippen LogP contribution in [0, 0.1) is 0 Å². The van der Waals surface area contributed by atoms with Crippen LogP contribution in [-0.2, 0) is 0 Å². The molecule has 25 heavy (non-hydrogen) atoms. The maximum atomic E-state index is 12.2. The normalized spacial score (nSPS) is 10.2. The Labute approximate surface area is 163 Å². The molecule has 4 nitrogen and oxygen atoms in total. The molecule has 1 amide bonds. The fourth-order valence-corrected chi connectivity index (χ4v) is 3.10. The second kappa shape index (κ2) is 9.04. The van der Waals surface area contributed by atoms with E-state index in [1.807, 2.05) is 24.3 Å². The van der Waals surface area contributed by atoms with Gasteiger partial charge < -0.3 is 10.2 Å². The standard InChI is InChI=1S/C18H19Cl2N3OS/c1-3-23(4-2)16-7-5-15(6-8-16)21-18(25)22-17(24)12-9-13(19)11-14(20)10-12/h5-11H,3-4H2,1-2H3,(H2,21,22,24,25). The van der Waals surface area contributed by atoms with Crippen LogP contribution in [0.25, 0.3) is 0 Å². The molecule has 0 fully saturated rings. The molecule has 0 atom stereocenters. The van der Waals surface area contributed by atoms with Crippen LogP contribution in [0.2, 0.25) is 10.0 Å². The molecule has 2 aromatic rings. The van der Waals surface area contributed by atoms with Gasteiger partial charge in [-0.15, -0.1) is 0 Å². The van der Waals surface area contributed by atoms with Gasteiger partial charge in [-0.3, -0.25) is 10.1 Å². The summed E-state index contributed by atoms with van der Waals surface area (Å²) in [6, 6.07) is 12.5. The van der Waals surface area contributed by atoms with Crippen LogP contribution >= 0.6 is 35.4 Å². The summed E-state index contributed by atoms with van der Waals surface area (Å²) in [5, 5.41) is 6.59. The van der Waals surface area contributed by atoms with Gasteiger partial charge in [0.05, 0.1) is 0 Å². The van der Waals surface area contributed by atoms with E-state index in [1.165, 1.54) is 12.1 Å². The van der Waals surface area contributed by atoms with Crippen LogP contribution < -0.4 is 15.5 Å². The molecular formula is C18H19Cl2N3OS. The van der Waals surface area contributed by atoms with Crippen molar-refractivity contribution in [2.75, 3.05) is 23.3 Å². The molecule has 2 rings (SSSR count). The van der Waals surface area contributed by atoms with Gasteiger partial charge in [0.25, 0.3) is 5.91 Å². The van der Waals surface area contributed by atoms with Gasteiger partial charge in [0.2, 0.25) is 0 Å². The van der Waals surface area contributed by atoms with Gasteiger partial charge in [-0.2, -0.15) is 0 Å². The maximum absolute atomic E-state index is 12.2. The smallest absolute Gasteiger partial charge is 0.257 e. The average molecular weight is 396 g/mol. The van der Waals surface area contributed by atoms with Gasteiger partial charge in [-0.25, -0.2) is 0 Å². The average Bonchev–Trinajstić information content (AvgIpc) is 2.56. The van der Waals surface area contributed by atoms with E-state index in [0.29, 0.717) is 15.6 Å². The Bertz CT molecular complexity index is 741. The summed E-state index contributed by atoms with van der Waals surface area (Å²) in [5.41, 5.74) is 2.28. The third kappa shape index (κ3) is 5.59. The highest BCUT2D eigenvalue weighted by Gasteiger charge is 2.10. The van der Waals surface area contributed by atoms with Gasteiger partial charge in [0, 0.05) is 40.1 Å². The van der Waals surface area contributed by atoms with Crippen molar-refractivity contribution in [2.45, 2.75) is 13.8 Å². The minimum Gasteiger partial charge on any atom is -0.372 e. The Hall–Kier alpha value is -1.82. The maximum Gasteiger partial charge on any atom is 0.257 e. The lowest BCUT2D eigenvalue weighted by molar-refractivity contribution is 0.0977. The summed E-state index contributed by atoms with van der Waals surface area (Å²) in [6.45, 7) is 6.12. The highest BCUT2D eigenvalue weighted by atomic mass is 35.5. The molecule has 0 saturated heterocycles. The number of benzene rings is 2. The van der Waals surface area contributed by atoms with Crippen molar-refractivity contribution < 1.29 is 4.79 Å². The van der Waals surface area contributed by atoms with Crippen LogP contribution in [0.4, 0.5) is 11.4 Å². The summed E-state index contributed by atoms with van der Waals surface area (Å²) < 4.78 is 0. The number of amides is 1. The van der Waals surface area contributed by atoms with Gasteiger partial charge in [-0.05, 0) is 68.5 Å². The topological polar surface area (TPSA) is 44.4 Å². The van der Waals surface area contributed by atoms with Crippen LogP contribution in [0.5, 0.6) is 0 Å². The van der Waals surface area contributed by atoms with Crippen molar-refractivity contribution in [3.8, 4) is 0 Å². The van der Waals surface area contributed by atoms with E-state index in [2.05, 4.69) is 29.4 Å². The molecule has 0 unspecified atom stereocenters. The Balaban J connectivity index is 1.98. The van der Waals surface area contributed by atoms with Crippen molar-refractivity contribution in [1.29, 1.82) is 0 Å². The van der Waals surface area contributed by atoms with E-state index in [-0.39, 0.29) is 11.0 Å². The third-order valence-corrected chi connectivity index (χ3v) is 4.25. The Morgan fingerprint density at radius 1 is 1.04 bits per heavy atom.